The summed E-state index contributed by atoms with van der Waals surface area (Å²) in [4.78, 5) is 12.1. The molecule has 1 unspecified atom stereocenters. The normalized spacial score (nSPS) is 20.1. The summed E-state index contributed by atoms with van der Waals surface area (Å²) in [6, 6.07) is 2.90. The number of Topliss-reactive ketones (excluding diaryl/α,β-unsaturated/α-hetero) is 1. The van der Waals surface area contributed by atoms with Crippen molar-refractivity contribution in [3.63, 3.8) is 0 Å². The topological polar surface area (TPSA) is 29.1 Å². The minimum absolute atomic E-state index is 0.0129. The first-order valence-electron chi connectivity index (χ1n) is 5.01. The van der Waals surface area contributed by atoms with E-state index in [2.05, 4.69) is 5.32 Å². The molecule has 1 atom stereocenters. The molecule has 2 nitrogen and oxygen atoms in total. The largest absolute Gasteiger partial charge is 0.307 e. The summed E-state index contributed by atoms with van der Waals surface area (Å²) in [5.41, 5.74) is 0.440. The lowest BCUT2D eigenvalue weighted by molar-refractivity contribution is 0.0952. The number of hydrogen-bond acceptors (Lipinski definition) is 2. The maximum absolute atomic E-state index is 12.1. The Morgan fingerprint density at radius 2 is 1.88 bits per heavy atom. The Bertz CT molecular complexity index is 427. The molecule has 1 aliphatic rings. The Labute approximate surface area is 109 Å². The van der Waals surface area contributed by atoms with Crippen molar-refractivity contribution in [2.75, 3.05) is 6.54 Å². The molecule has 0 aromatic heterocycles. The fourth-order valence-electron chi connectivity index (χ4n) is 1.81. The van der Waals surface area contributed by atoms with Gasteiger partial charge in [-0.15, -0.1) is 0 Å². The molecule has 0 spiro atoms. The van der Waals surface area contributed by atoms with Gasteiger partial charge in [0.2, 0.25) is 0 Å². The first-order chi connectivity index (χ1) is 7.59. The number of carbonyl (C=O) groups is 1. The minimum Gasteiger partial charge on any atom is -0.307 e. The summed E-state index contributed by atoms with van der Waals surface area (Å²) in [7, 11) is 0. The lowest BCUT2D eigenvalue weighted by Gasteiger charge is -2.11. The van der Waals surface area contributed by atoms with E-state index >= 15 is 0 Å². The summed E-state index contributed by atoms with van der Waals surface area (Å²) in [6.45, 7) is 0.870. The van der Waals surface area contributed by atoms with Gasteiger partial charge >= 0.3 is 0 Å². The first kappa shape index (κ1) is 12.2. The summed E-state index contributed by atoms with van der Waals surface area (Å²) in [6.07, 6.45) is 1.85. The molecule has 1 saturated heterocycles. The van der Waals surface area contributed by atoms with Crippen LogP contribution in [0.25, 0.3) is 0 Å². The highest BCUT2D eigenvalue weighted by Gasteiger charge is 2.25. The average Bonchev–Trinajstić information content (AvgIpc) is 2.75. The molecule has 16 heavy (non-hydrogen) atoms. The third-order valence-electron chi connectivity index (χ3n) is 2.65. The van der Waals surface area contributed by atoms with Gasteiger partial charge in [-0.25, -0.2) is 0 Å². The van der Waals surface area contributed by atoms with Crippen molar-refractivity contribution >= 4 is 40.6 Å². The number of halogens is 3. The van der Waals surface area contributed by atoms with Crippen molar-refractivity contribution in [2.45, 2.75) is 18.9 Å². The number of ketones is 1. The molecule has 1 fully saturated rings. The number of nitrogens with one attached hydrogen (secondary N) is 1. The lowest BCUT2D eigenvalue weighted by Crippen LogP contribution is -2.30. The molecule has 1 aromatic rings. The van der Waals surface area contributed by atoms with Crippen LogP contribution in [0.4, 0.5) is 0 Å². The number of carbonyl (C=O) groups excluding carboxylic acids is 1. The summed E-state index contributed by atoms with van der Waals surface area (Å²) in [5, 5.41) is 4.20. The number of rotatable bonds is 2. The zero-order valence-electron chi connectivity index (χ0n) is 8.40. The van der Waals surface area contributed by atoms with Crippen molar-refractivity contribution in [1.29, 1.82) is 0 Å². The van der Waals surface area contributed by atoms with E-state index in [-0.39, 0.29) is 11.8 Å². The molecule has 1 aromatic carbocycles. The summed E-state index contributed by atoms with van der Waals surface area (Å²) in [5.74, 6) is -0.0129. The van der Waals surface area contributed by atoms with Crippen LogP contribution >= 0.6 is 34.8 Å². The lowest BCUT2D eigenvalue weighted by atomic mass is 10.0. The van der Waals surface area contributed by atoms with E-state index in [1.165, 1.54) is 12.1 Å². The van der Waals surface area contributed by atoms with Crippen LogP contribution in [0.1, 0.15) is 23.2 Å². The highest BCUT2D eigenvalue weighted by atomic mass is 35.5. The predicted molar refractivity (Wildman–Crippen MR) is 66.8 cm³/mol. The zero-order valence-corrected chi connectivity index (χ0v) is 10.7. The van der Waals surface area contributed by atoms with E-state index < -0.39 is 0 Å². The quantitative estimate of drug-likeness (QED) is 0.662. The second kappa shape index (κ2) is 4.92. The van der Waals surface area contributed by atoms with Crippen molar-refractivity contribution in [3.05, 3.63) is 32.8 Å². The fourth-order valence-corrected chi connectivity index (χ4v) is 2.45. The molecule has 0 bridgehead atoms. The van der Waals surface area contributed by atoms with Crippen molar-refractivity contribution in [2.24, 2.45) is 0 Å². The highest BCUT2D eigenvalue weighted by molar-refractivity contribution is 6.44. The van der Waals surface area contributed by atoms with Crippen LogP contribution in [0, 0.1) is 0 Å². The van der Waals surface area contributed by atoms with E-state index in [4.69, 9.17) is 34.8 Å². The standard InChI is InChI=1S/C11H10Cl3NO/c12-7-5-9(14)8(13)4-6(7)11(16)10-2-1-3-15-10/h4-5,10,15H,1-3H2. The predicted octanol–water partition coefficient (Wildman–Crippen LogP) is 3.58. The van der Waals surface area contributed by atoms with Gasteiger partial charge < -0.3 is 5.32 Å². The maximum atomic E-state index is 12.1. The van der Waals surface area contributed by atoms with E-state index in [9.17, 15) is 4.79 Å². The van der Waals surface area contributed by atoms with Crippen LogP contribution in [-0.4, -0.2) is 18.4 Å². The molecule has 2 rings (SSSR count). The van der Waals surface area contributed by atoms with Crippen LogP contribution in [0.5, 0.6) is 0 Å². The summed E-state index contributed by atoms with van der Waals surface area (Å²) < 4.78 is 0. The Kier molecular flexibility index (Phi) is 3.75. The molecule has 0 aliphatic carbocycles. The Balaban J connectivity index is 2.32. The van der Waals surface area contributed by atoms with Gasteiger partial charge in [0.05, 0.1) is 21.1 Å². The van der Waals surface area contributed by atoms with Gasteiger partial charge in [-0.3, -0.25) is 4.79 Å². The smallest absolute Gasteiger partial charge is 0.181 e. The van der Waals surface area contributed by atoms with Crippen molar-refractivity contribution < 1.29 is 4.79 Å². The van der Waals surface area contributed by atoms with Gasteiger partial charge in [0.25, 0.3) is 0 Å². The number of benzene rings is 1. The first-order valence-corrected chi connectivity index (χ1v) is 6.15. The average molecular weight is 279 g/mol. The minimum atomic E-state index is -0.144. The molecular weight excluding hydrogens is 268 g/mol. The SMILES string of the molecule is O=C(c1cc(Cl)c(Cl)cc1Cl)C1CCCN1. The molecule has 1 aliphatic heterocycles. The molecular formula is C11H10Cl3NO. The summed E-state index contributed by atoms with van der Waals surface area (Å²) >= 11 is 17.7. The third kappa shape index (κ3) is 2.35. The Hall–Kier alpha value is -0.280. The van der Waals surface area contributed by atoms with Crippen LogP contribution in [0.15, 0.2) is 12.1 Å². The van der Waals surface area contributed by atoms with E-state index in [0.717, 1.165) is 19.4 Å². The zero-order chi connectivity index (χ0) is 11.7. The Morgan fingerprint density at radius 1 is 1.19 bits per heavy atom. The van der Waals surface area contributed by atoms with Crippen LogP contribution in [-0.2, 0) is 0 Å². The maximum Gasteiger partial charge on any atom is 0.181 e. The van der Waals surface area contributed by atoms with Crippen LogP contribution in [0.2, 0.25) is 15.1 Å². The monoisotopic (exact) mass is 277 g/mol. The second-order valence-electron chi connectivity index (χ2n) is 3.76. The van der Waals surface area contributed by atoms with Gasteiger partial charge in [0.15, 0.2) is 5.78 Å². The molecule has 86 valence electrons. The molecule has 1 N–H and O–H groups in total. The molecule has 0 amide bonds. The van der Waals surface area contributed by atoms with Gasteiger partial charge in [-0.1, -0.05) is 34.8 Å². The van der Waals surface area contributed by atoms with Crippen molar-refractivity contribution in [3.8, 4) is 0 Å². The molecule has 0 radical (unpaired) electrons. The molecule has 5 heteroatoms. The second-order valence-corrected chi connectivity index (χ2v) is 4.98. The Morgan fingerprint density at radius 3 is 2.50 bits per heavy atom. The third-order valence-corrected chi connectivity index (χ3v) is 3.69. The van der Waals surface area contributed by atoms with Crippen LogP contribution < -0.4 is 5.32 Å². The van der Waals surface area contributed by atoms with E-state index in [0.29, 0.717) is 20.6 Å². The van der Waals surface area contributed by atoms with Crippen LogP contribution in [0.3, 0.4) is 0 Å². The van der Waals surface area contributed by atoms with Gasteiger partial charge in [0.1, 0.15) is 0 Å². The van der Waals surface area contributed by atoms with E-state index in [1.807, 2.05) is 0 Å². The highest BCUT2D eigenvalue weighted by Crippen LogP contribution is 2.30. The van der Waals surface area contributed by atoms with Gasteiger partial charge in [-0.05, 0) is 31.5 Å². The molecule has 0 saturated carbocycles. The number of hydrogen-bond donors (Lipinski definition) is 1. The van der Waals surface area contributed by atoms with Gasteiger partial charge in [0, 0.05) is 5.56 Å². The van der Waals surface area contributed by atoms with Gasteiger partial charge in [-0.2, -0.15) is 0 Å². The van der Waals surface area contributed by atoms with E-state index in [1.54, 1.807) is 0 Å². The molecule has 1 heterocycles. The fraction of sp³-hybridized carbons (Fsp3) is 0.364. The van der Waals surface area contributed by atoms with Crippen molar-refractivity contribution in [1.82, 2.24) is 5.32 Å².